The van der Waals surface area contributed by atoms with E-state index in [4.69, 9.17) is 9.84 Å². The van der Waals surface area contributed by atoms with Crippen LogP contribution in [-0.4, -0.2) is 51.9 Å². The summed E-state index contributed by atoms with van der Waals surface area (Å²) in [5.41, 5.74) is 4.07. The summed E-state index contributed by atoms with van der Waals surface area (Å²) in [5.74, 6) is 0.841. The maximum absolute atomic E-state index is 13.3. The average molecular weight is 385 g/mol. The molecule has 1 aliphatic carbocycles. The number of ether oxygens (including phenoxy) is 1. The molecule has 2 fully saturated rings. The van der Waals surface area contributed by atoms with Crippen LogP contribution in [0, 0.1) is 0 Å². The lowest BCUT2D eigenvalue weighted by atomic mass is 9.95. The highest BCUT2D eigenvalue weighted by Crippen LogP contribution is 2.44. The Balaban J connectivity index is 1.61. The molecule has 2 aliphatic heterocycles. The highest BCUT2D eigenvalue weighted by Gasteiger charge is 2.33. The van der Waals surface area contributed by atoms with Gasteiger partial charge in [-0.25, -0.2) is 0 Å². The minimum absolute atomic E-state index is 0.0576. The third-order valence-electron chi connectivity index (χ3n) is 5.84. The second kappa shape index (κ2) is 7.28. The number of carbonyl (C=O) groups is 1. The molecule has 1 saturated carbocycles. The third-order valence-corrected chi connectivity index (χ3v) is 6.91. The fourth-order valence-corrected chi connectivity index (χ4v) is 5.44. The van der Waals surface area contributed by atoms with Gasteiger partial charge < -0.3 is 9.64 Å². The quantitative estimate of drug-likeness (QED) is 0.793. The van der Waals surface area contributed by atoms with Crippen molar-refractivity contribution in [2.75, 3.05) is 26.3 Å². The number of morpholine rings is 1. The third kappa shape index (κ3) is 3.06. The van der Waals surface area contributed by atoms with E-state index >= 15 is 0 Å². The first-order valence-electron chi connectivity index (χ1n) is 9.88. The van der Waals surface area contributed by atoms with Crippen molar-refractivity contribution >= 4 is 17.7 Å². The molecule has 2 aromatic rings. The lowest BCUT2D eigenvalue weighted by molar-refractivity contribution is 0.0297. The molecule has 1 saturated heterocycles. The van der Waals surface area contributed by atoms with Gasteiger partial charge in [0.2, 0.25) is 0 Å². The molecule has 0 radical (unpaired) electrons. The van der Waals surface area contributed by atoms with Crippen LogP contribution in [0.1, 0.15) is 54.2 Å². The second-order valence-electron chi connectivity index (χ2n) is 7.48. The largest absolute Gasteiger partial charge is 0.378 e. The van der Waals surface area contributed by atoms with Gasteiger partial charge in [0.15, 0.2) is 5.69 Å². The standard InChI is InChI=1S/C20H24N4O2S/c25-20(23-8-10-26-11-9-23)18-16-13-27-17-12-21-7-6-15(17)19(16)24(22-18)14-4-2-1-3-5-14/h6-7,12,14H,1-5,8-11,13H2. The summed E-state index contributed by atoms with van der Waals surface area (Å²) in [5, 5.41) is 4.94. The number of fused-ring (bicyclic) bond motifs is 3. The van der Waals surface area contributed by atoms with Gasteiger partial charge >= 0.3 is 0 Å². The number of nitrogens with zero attached hydrogens (tertiary/aromatic N) is 4. The molecule has 0 N–H and O–H groups in total. The van der Waals surface area contributed by atoms with Crippen LogP contribution < -0.4 is 0 Å². The molecule has 7 heteroatoms. The number of thioether (sulfide) groups is 1. The molecule has 0 atom stereocenters. The van der Waals surface area contributed by atoms with Gasteiger partial charge in [-0.2, -0.15) is 5.10 Å². The molecule has 0 unspecified atom stereocenters. The van der Waals surface area contributed by atoms with Crippen molar-refractivity contribution in [3.63, 3.8) is 0 Å². The molecule has 3 aliphatic rings. The first-order valence-corrected chi connectivity index (χ1v) is 10.9. The minimum atomic E-state index is 0.0576. The molecular weight excluding hydrogens is 360 g/mol. The molecule has 6 nitrogen and oxygen atoms in total. The van der Waals surface area contributed by atoms with Gasteiger partial charge in [0.25, 0.3) is 5.91 Å². The van der Waals surface area contributed by atoms with Crippen molar-refractivity contribution in [2.45, 2.75) is 48.8 Å². The molecule has 5 rings (SSSR count). The average Bonchev–Trinajstić information content (AvgIpc) is 3.15. The van der Waals surface area contributed by atoms with E-state index in [1.807, 2.05) is 17.3 Å². The number of hydrogen-bond donors (Lipinski definition) is 0. The van der Waals surface area contributed by atoms with Crippen LogP contribution in [0.2, 0.25) is 0 Å². The highest BCUT2D eigenvalue weighted by molar-refractivity contribution is 7.98. The summed E-state index contributed by atoms with van der Waals surface area (Å²) in [6.07, 6.45) is 9.85. The van der Waals surface area contributed by atoms with E-state index in [-0.39, 0.29) is 5.91 Å². The van der Waals surface area contributed by atoms with Crippen molar-refractivity contribution in [3.8, 4) is 11.3 Å². The first-order chi connectivity index (χ1) is 13.3. The van der Waals surface area contributed by atoms with E-state index in [1.54, 1.807) is 11.8 Å². The summed E-state index contributed by atoms with van der Waals surface area (Å²) in [6.45, 7) is 2.52. The van der Waals surface area contributed by atoms with Gasteiger partial charge in [0.1, 0.15) is 0 Å². The van der Waals surface area contributed by atoms with E-state index in [9.17, 15) is 4.79 Å². The molecule has 2 aromatic heterocycles. The summed E-state index contributed by atoms with van der Waals surface area (Å²) in [4.78, 5) is 20.6. The van der Waals surface area contributed by atoms with Gasteiger partial charge in [-0.1, -0.05) is 19.3 Å². The van der Waals surface area contributed by atoms with Crippen molar-refractivity contribution in [1.29, 1.82) is 0 Å². The number of rotatable bonds is 2. The Morgan fingerprint density at radius 3 is 2.81 bits per heavy atom. The fourth-order valence-electron chi connectivity index (χ4n) is 4.41. The number of hydrogen-bond acceptors (Lipinski definition) is 5. The Bertz CT molecular complexity index is 854. The summed E-state index contributed by atoms with van der Waals surface area (Å²) in [7, 11) is 0. The van der Waals surface area contributed by atoms with Gasteiger partial charge in [-0.15, -0.1) is 11.8 Å². The zero-order valence-electron chi connectivity index (χ0n) is 15.4. The zero-order chi connectivity index (χ0) is 18.2. The smallest absolute Gasteiger partial charge is 0.274 e. The maximum Gasteiger partial charge on any atom is 0.274 e. The Morgan fingerprint density at radius 1 is 1.19 bits per heavy atom. The molecule has 0 bridgehead atoms. The highest BCUT2D eigenvalue weighted by atomic mass is 32.2. The van der Waals surface area contributed by atoms with Gasteiger partial charge in [0, 0.05) is 47.3 Å². The summed E-state index contributed by atoms with van der Waals surface area (Å²) >= 11 is 1.76. The second-order valence-corrected chi connectivity index (χ2v) is 8.49. The van der Waals surface area contributed by atoms with Gasteiger partial charge in [0.05, 0.1) is 24.9 Å². The van der Waals surface area contributed by atoms with E-state index < -0.39 is 0 Å². The predicted octanol–water partition coefficient (Wildman–Crippen LogP) is 3.53. The molecule has 27 heavy (non-hydrogen) atoms. The molecular formula is C20H24N4O2S. The number of aromatic nitrogens is 3. The predicted molar refractivity (Wildman–Crippen MR) is 104 cm³/mol. The van der Waals surface area contributed by atoms with Crippen LogP contribution in [0.25, 0.3) is 11.3 Å². The lowest BCUT2D eigenvalue weighted by Crippen LogP contribution is -2.41. The number of amides is 1. The zero-order valence-corrected chi connectivity index (χ0v) is 16.2. The van der Waals surface area contributed by atoms with E-state index in [0.29, 0.717) is 38.0 Å². The number of pyridine rings is 1. The van der Waals surface area contributed by atoms with E-state index in [0.717, 1.165) is 29.9 Å². The van der Waals surface area contributed by atoms with Crippen LogP contribution in [0.3, 0.4) is 0 Å². The van der Waals surface area contributed by atoms with E-state index in [1.165, 1.54) is 29.7 Å². The van der Waals surface area contributed by atoms with Crippen LogP contribution in [-0.2, 0) is 10.5 Å². The van der Waals surface area contributed by atoms with Crippen molar-refractivity contribution in [1.82, 2.24) is 19.7 Å². The molecule has 1 amide bonds. The first kappa shape index (κ1) is 17.3. The minimum Gasteiger partial charge on any atom is -0.378 e. The summed E-state index contributed by atoms with van der Waals surface area (Å²) < 4.78 is 7.60. The lowest BCUT2D eigenvalue weighted by Gasteiger charge is -2.26. The molecule has 0 aromatic carbocycles. The van der Waals surface area contributed by atoms with Crippen LogP contribution >= 0.6 is 11.8 Å². The Kier molecular flexibility index (Phi) is 4.65. The van der Waals surface area contributed by atoms with Gasteiger partial charge in [-0.05, 0) is 18.9 Å². The van der Waals surface area contributed by atoms with Crippen molar-refractivity contribution in [2.24, 2.45) is 0 Å². The Morgan fingerprint density at radius 2 is 2.00 bits per heavy atom. The normalized spacial score (nSPS) is 20.2. The van der Waals surface area contributed by atoms with E-state index in [2.05, 4.69) is 15.7 Å². The SMILES string of the molecule is O=C(c1nn(C2CCCCC2)c2c1CSc1cnccc1-2)N1CCOCC1. The van der Waals surface area contributed by atoms with Crippen molar-refractivity contribution < 1.29 is 9.53 Å². The maximum atomic E-state index is 13.3. The van der Waals surface area contributed by atoms with Gasteiger partial charge in [-0.3, -0.25) is 14.5 Å². The monoisotopic (exact) mass is 384 g/mol. The Hall–Kier alpha value is -1.86. The molecule has 142 valence electrons. The van der Waals surface area contributed by atoms with Crippen LogP contribution in [0.15, 0.2) is 23.4 Å². The fraction of sp³-hybridized carbons (Fsp3) is 0.550. The summed E-state index contributed by atoms with van der Waals surface area (Å²) in [6, 6.07) is 2.47. The van der Waals surface area contributed by atoms with Crippen LogP contribution in [0.5, 0.6) is 0 Å². The van der Waals surface area contributed by atoms with Crippen molar-refractivity contribution in [3.05, 3.63) is 29.7 Å². The Labute approximate surface area is 163 Å². The molecule has 0 spiro atoms. The van der Waals surface area contributed by atoms with Crippen LogP contribution in [0.4, 0.5) is 0 Å². The number of carbonyl (C=O) groups excluding carboxylic acids is 1. The topological polar surface area (TPSA) is 60.2 Å². The molecule has 4 heterocycles.